The second-order valence-electron chi connectivity index (χ2n) is 6.50. The minimum Gasteiger partial charge on any atom is -0.507 e. The molecule has 29 heavy (non-hydrogen) atoms. The number of hydrogen-bond acceptors (Lipinski definition) is 5. The molecule has 0 spiro atoms. The van der Waals surface area contributed by atoms with Gasteiger partial charge in [-0.05, 0) is 36.8 Å². The van der Waals surface area contributed by atoms with Crippen LogP contribution in [0.25, 0.3) is 5.76 Å². The fourth-order valence-corrected chi connectivity index (χ4v) is 3.80. The van der Waals surface area contributed by atoms with Gasteiger partial charge in [-0.3, -0.25) is 9.59 Å². The Balaban J connectivity index is 2.15. The minimum absolute atomic E-state index is 0.0536. The first-order valence-corrected chi connectivity index (χ1v) is 10.0. The minimum atomic E-state index is -0.717. The molecule has 0 aromatic heterocycles. The number of amides is 1. The zero-order valence-corrected chi connectivity index (χ0v) is 17.8. The van der Waals surface area contributed by atoms with E-state index in [1.165, 1.54) is 12.0 Å². The highest BCUT2D eigenvalue weighted by atomic mass is 79.9. The molecule has 0 aliphatic carbocycles. The molecule has 0 radical (unpaired) electrons. The topological polar surface area (TPSA) is 76.1 Å². The van der Waals surface area contributed by atoms with Crippen LogP contribution in [0.3, 0.4) is 0 Å². The van der Waals surface area contributed by atoms with Gasteiger partial charge in [-0.1, -0.05) is 40.2 Å². The van der Waals surface area contributed by atoms with Crippen molar-refractivity contribution in [3.05, 3.63) is 69.7 Å². The molecule has 1 saturated heterocycles. The third-order valence-corrected chi connectivity index (χ3v) is 5.15. The lowest BCUT2D eigenvalue weighted by Gasteiger charge is -2.25. The zero-order valence-electron chi connectivity index (χ0n) is 16.2. The molecule has 2 aromatic carbocycles. The Morgan fingerprint density at radius 3 is 2.62 bits per heavy atom. The first-order valence-electron chi connectivity index (χ1n) is 9.24. The number of ether oxygens (including phenoxy) is 2. The maximum Gasteiger partial charge on any atom is 0.295 e. The second kappa shape index (κ2) is 9.24. The van der Waals surface area contributed by atoms with Crippen molar-refractivity contribution in [2.45, 2.75) is 13.0 Å². The standard InChI is InChI=1S/C22H22BrNO5/c1-3-29-17-9-5-7-15(13-17)20(25)18-19(14-6-4-8-16(23)12-14)24(10-11-28-2)22(27)21(18)26/h4-9,12-13,19,25H,3,10-11H2,1-2H3. The van der Waals surface area contributed by atoms with Crippen LogP contribution in [0.4, 0.5) is 0 Å². The zero-order chi connectivity index (χ0) is 21.0. The molecule has 1 aliphatic rings. The maximum absolute atomic E-state index is 12.9. The van der Waals surface area contributed by atoms with Crippen molar-refractivity contribution in [1.82, 2.24) is 4.90 Å². The van der Waals surface area contributed by atoms with Crippen LogP contribution in [0.1, 0.15) is 24.1 Å². The molecule has 1 fully saturated rings. The Morgan fingerprint density at radius 2 is 1.93 bits per heavy atom. The van der Waals surface area contributed by atoms with Crippen molar-refractivity contribution in [1.29, 1.82) is 0 Å². The molecule has 1 amide bonds. The number of Topliss-reactive ketones (excluding diaryl/α,β-unsaturated/α-hetero) is 1. The van der Waals surface area contributed by atoms with Gasteiger partial charge < -0.3 is 19.5 Å². The molecule has 152 valence electrons. The van der Waals surface area contributed by atoms with Crippen molar-refractivity contribution in [2.24, 2.45) is 0 Å². The second-order valence-corrected chi connectivity index (χ2v) is 7.42. The number of likely N-dealkylation sites (tertiary alicyclic amines) is 1. The number of aliphatic hydroxyl groups excluding tert-OH is 1. The molecule has 6 nitrogen and oxygen atoms in total. The van der Waals surface area contributed by atoms with E-state index in [1.807, 2.05) is 31.2 Å². The summed E-state index contributed by atoms with van der Waals surface area (Å²) in [6, 6.07) is 13.5. The fourth-order valence-electron chi connectivity index (χ4n) is 3.38. The lowest BCUT2D eigenvalue weighted by atomic mass is 9.95. The molecule has 1 heterocycles. The first-order chi connectivity index (χ1) is 14.0. The van der Waals surface area contributed by atoms with Gasteiger partial charge in [-0.15, -0.1) is 0 Å². The van der Waals surface area contributed by atoms with E-state index in [2.05, 4.69) is 15.9 Å². The van der Waals surface area contributed by atoms with Gasteiger partial charge in [0.25, 0.3) is 11.7 Å². The number of carbonyl (C=O) groups excluding carboxylic acids is 2. The number of halogens is 1. The average Bonchev–Trinajstić information content (AvgIpc) is 2.97. The van der Waals surface area contributed by atoms with Crippen LogP contribution in [0.5, 0.6) is 5.75 Å². The highest BCUT2D eigenvalue weighted by Crippen LogP contribution is 2.40. The lowest BCUT2D eigenvalue weighted by Crippen LogP contribution is -2.32. The summed E-state index contributed by atoms with van der Waals surface area (Å²) in [7, 11) is 1.53. The number of rotatable bonds is 7. The smallest absolute Gasteiger partial charge is 0.295 e. The van der Waals surface area contributed by atoms with E-state index in [0.717, 1.165) is 10.0 Å². The summed E-state index contributed by atoms with van der Waals surface area (Å²) in [5.74, 6) is -1.03. The van der Waals surface area contributed by atoms with E-state index in [-0.39, 0.29) is 24.5 Å². The van der Waals surface area contributed by atoms with Crippen molar-refractivity contribution in [3.8, 4) is 5.75 Å². The molecule has 0 saturated carbocycles. The molecule has 2 aromatic rings. The maximum atomic E-state index is 12.9. The normalized spacial score (nSPS) is 18.3. The predicted molar refractivity (Wildman–Crippen MR) is 113 cm³/mol. The van der Waals surface area contributed by atoms with Crippen molar-refractivity contribution < 1.29 is 24.2 Å². The first kappa shape index (κ1) is 21.1. The van der Waals surface area contributed by atoms with E-state index >= 15 is 0 Å². The Kier molecular flexibility index (Phi) is 6.71. The number of nitrogens with zero attached hydrogens (tertiary/aromatic N) is 1. The fraction of sp³-hybridized carbons (Fsp3) is 0.273. The molecule has 1 aliphatic heterocycles. The number of carbonyl (C=O) groups is 2. The van der Waals surface area contributed by atoms with E-state index in [0.29, 0.717) is 17.9 Å². The third kappa shape index (κ3) is 4.36. The van der Waals surface area contributed by atoms with Gasteiger partial charge in [-0.2, -0.15) is 0 Å². The van der Waals surface area contributed by atoms with Crippen LogP contribution in [-0.4, -0.2) is 48.6 Å². The van der Waals surface area contributed by atoms with E-state index < -0.39 is 17.7 Å². The van der Waals surface area contributed by atoms with Crippen LogP contribution in [0.2, 0.25) is 0 Å². The molecule has 0 bridgehead atoms. The highest BCUT2D eigenvalue weighted by Gasteiger charge is 2.45. The van der Waals surface area contributed by atoms with Gasteiger partial charge in [0.05, 0.1) is 24.8 Å². The molecule has 7 heteroatoms. The quantitative estimate of drug-likeness (QED) is 0.385. The van der Waals surface area contributed by atoms with Gasteiger partial charge in [0.1, 0.15) is 11.5 Å². The summed E-state index contributed by atoms with van der Waals surface area (Å²) in [5, 5.41) is 11.0. The number of ketones is 1. The monoisotopic (exact) mass is 459 g/mol. The summed E-state index contributed by atoms with van der Waals surface area (Å²) >= 11 is 3.43. The van der Waals surface area contributed by atoms with Crippen LogP contribution >= 0.6 is 15.9 Å². The molecule has 1 atom stereocenters. The summed E-state index contributed by atoms with van der Waals surface area (Å²) in [6.07, 6.45) is 0. The van der Waals surface area contributed by atoms with Crippen LogP contribution in [0, 0.1) is 0 Å². The summed E-state index contributed by atoms with van der Waals surface area (Å²) in [4.78, 5) is 27.1. The van der Waals surface area contributed by atoms with E-state index in [9.17, 15) is 14.7 Å². The van der Waals surface area contributed by atoms with Gasteiger partial charge >= 0.3 is 0 Å². The Labute approximate surface area is 177 Å². The lowest BCUT2D eigenvalue weighted by molar-refractivity contribution is -0.140. The summed E-state index contributed by atoms with van der Waals surface area (Å²) in [5.41, 5.74) is 1.19. The van der Waals surface area contributed by atoms with Crippen molar-refractivity contribution in [3.63, 3.8) is 0 Å². The Hall–Kier alpha value is -2.64. The number of hydrogen-bond donors (Lipinski definition) is 1. The Bertz CT molecular complexity index is 956. The average molecular weight is 460 g/mol. The van der Waals surface area contributed by atoms with Crippen molar-refractivity contribution in [2.75, 3.05) is 26.9 Å². The van der Waals surface area contributed by atoms with Crippen LogP contribution in [-0.2, 0) is 14.3 Å². The van der Waals surface area contributed by atoms with Crippen LogP contribution < -0.4 is 4.74 Å². The Morgan fingerprint density at radius 1 is 1.17 bits per heavy atom. The molecule has 1 N–H and O–H groups in total. The molecule has 3 rings (SSSR count). The van der Waals surface area contributed by atoms with Gasteiger partial charge in [0.2, 0.25) is 0 Å². The van der Waals surface area contributed by atoms with Crippen LogP contribution in [0.15, 0.2) is 58.6 Å². The van der Waals surface area contributed by atoms with Gasteiger partial charge in [0.15, 0.2) is 0 Å². The third-order valence-electron chi connectivity index (χ3n) is 4.66. The van der Waals surface area contributed by atoms with Gasteiger partial charge in [-0.25, -0.2) is 0 Å². The number of benzene rings is 2. The van der Waals surface area contributed by atoms with Crippen molar-refractivity contribution >= 4 is 33.4 Å². The predicted octanol–water partition coefficient (Wildman–Crippen LogP) is 3.92. The molecule has 1 unspecified atom stereocenters. The number of methoxy groups -OCH3 is 1. The highest BCUT2D eigenvalue weighted by molar-refractivity contribution is 9.10. The van der Waals surface area contributed by atoms with E-state index in [4.69, 9.17) is 9.47 Å². The summed E-state index contributed by atoms with van der Waals surface area (Å²) in [6.45, 7) is 2.84. The summed E-state index contributed by atoms with van der Waals surface area (Å²) < 4.78 is 11.4. The molecular formula is C22H22BrNO5. The largest absolute Gasteiger partial charge is 0.507 e. The molecular weight excluding hydrogens is 438 g/mol. The SMILES string of the molecule is CCOc1cccc(C(O)=C2C(=O)C(=O)N(CCOC)C2c2cccc(Br)c2)c1. The van der Waals surface area contributed by atoms with E-state index in [1.54, 1.807) is 24.3 Å². The number of aliphatic hydroxyl groups is 1. The van der Waals surface area contributed by atoms with Gasteiger partial charge in [0, 0.05) is 23.7 Å².